The molecule has 1 aliphatic carbocycles. The van der Waals surface area contributed by atoms with Crippen LogP contribution in [0.3, 0.4) is 0 Å². The minimum Gasteiger partial charge on any atom is -0.467 e. The molecule has 3 aromatic rings. The molecule has 162 valence electrons. The fourth-order valence-electron chi connectivity index (χ4n) is 3.51. The van der Waals surface area contributed by atoms with Gasteiger partial charge in [0.05, 0.1) is 29.6 Å². The number of aromatic nitrogens is 3. The van der Waals surface area contributed by atoms with Gasteiger partial charge in [0.25, 0.3) is 0 Å². The Morgan fingerprint density at radius 2 is 1.97 bits per heavy atom. The van der Waals surface area contributed by atoms with Crippen LogP contribution in [0.15, 0.2) is 48.8 Å². The standard InChI is InChI=1S/C22H21F3N4O2/c1-13(19-10-27-20(11-26-19)31-12-22(23,24)25)29(2)21(30)16-9-15(16)18-8-7-14-5-3-4-6-17(14)28-18/h3-8,10-11,13,15-16H,9,12H2,1-2H3/t13-,15?,16-/m1/s1. The number of nitrogens with zero attached hydrogens (tertiary/aromatic N) is 4. The minimum absolute atomic E-state index is 0.0216. The van der Waals surface area contributed by atoms with Gasteiger partial charge in [-0.15, -0.1) is 0 Å². The van der Waals surface area contributed by atoms with Crippen molar-refractivity contribution in [2.75, 3.05) is 13.7 Å². The van der Waals surface area contributed by atoms with E-state index in [0.29, 0.717) is 5.69 Å². The van der Waals surface area contributed by atoms with Crippen LogP contribution in [0, 0.1) is 5.92 Å². The summed E-state index contributed by atoms with van der Waals surface area (Å²) in [6, 6.07) is 11.4. The number of carbonyl (C=O) groups excluding carboxylic acids is 1. The van der Waals surface area contributed by atoms with Crippen LogP contribution in [0.25, 0.3) is 10.9 Å². The average Bonchev–Trinajstić information content (AvgIpc) is 3.56. The second-order valence-corrected chi connectivity index (χ2v) is 7.69. The monoisotopic (exact) mass is 430 g/mol. The smallest absolute Gasteiger partial charge is 0.422 e. The van der Waals surface area contributed by atoms with Gasteiger partial charge in [-0.2, -0.15) is 13.2 Å². The van der Waals surface area contributed by atoms with Gasteiger partial charge >= 0.3 is 6.18 Å². The molecule has 1 fully saturated rings. The predicted octanol–water partition coefficient (Wildman–Crippen LogP) is 4.29. The summed E-state index contributed by atoms with van der Waals surface area (Å²) in [5.41, 5.74) is 2.28. The predicted molar refractivity (Wildman–Crippen MR) is 107 cm³/mol. The van der Waals surface area contributed by atoms with E-state index >= 15 is 0 Å². The molecule has 1 aliphatic rings. The van der Waals surface area contributed by atoms with Crippen molar-refractivity contribution in [2.24, 2.45) is 5.92 Å². The van der Waals surface area contributed by atoms with Gasteiger partial charge in [-0.05, 0) is 25.5 Å². The number of carbonyl (C=O) groups is 1. The Bertz CT molecular complexity index is 1090. The van der Waals surface area contributed by atoms with E-state index in [0.717, 1.165) is 29.2 Å². The van der Waals surface area contributed by atoms with E-state index in [9.17, 15) is 18.0 Å². The highest BCUT2D eigenvalue weighted by Gasteiger charge is 2.47. The van der Waals surface area contributed by atoms with Crippen LogP contribution < -0.4 is 4.74 Å². The van der Waals surface area contributed by atoms with Crippen LogP contribution in [0.2, 0.25) is 0 Å². The van der Waals surface area contributed by atoms with E-state index in [-0.39, 0.29) is 29.7 Å². The number of ether oxygens (including phenoxy) is 1. The van der Waals surface area contributed by atoms with Crippen molar-refractivity contribution < 1.29 is 22.7 Å². The number of fused-ring (bicyclic) bond motifs is 1. The number of hydrogen-bond donors (Lipinski definition) is 0. The van der Waals surface area contributed by atoms with Gasteiger partial charge in [-0.25, -0.2) is 4.98 Å². The van der Waals surface area contributed by atoms with Crippen molar-refractivity contribution in [3.63, 3.8) is 0 Å². The van der Waals surface area contributed by atoms with Crippen LogP contribution in [0.5, 0.6) is 5.88 Å². The maximum atomic E-state index is 12.9. The first kappa shape index (κ1) is 21.0. The van der Waals surface area contributed by atoms with Crippen molar-refractivity contribution in [1.82, 2.24) is 19.9 Å². The molecular weight excluding hydrogens is 409 g/mol. The number of rotatable bonds is 6. The molecule has 0 bridgehead atoms. The zero-order valence-electron chi connectivity index (χ0n) is 17.0. The molecule has 0 aliphatic heterocycles. The zero-order valence-corrected chi connectivity index (χ0v) is 17.0. The summed E-state index contributed by atoms with van der Waals surface area (Å²) in [5, 5.41) is 1.06. The lowest BCUT2D eigenvalue weighted by Gasteiger charge is -2.24. The van der Waals surface area contributed by atoms with Gasteiger partial charge in [0.2, 0.25) is 11.8 Å². The van der Waals surface area contributed by atoms with Gasteiger partial charge in [0.1, 0.15) is 0 Å². The second-order valence-electron chi connectivity index (χ2n) is 7.69. The van der Waals surface area contributed by atoms with Crippen molar-refractivity contribution in [1.29, 1.82) is 0 Å². The molecule has 0 saturated heterocycles. The summed E-state index contributed by atoms with van der Waals surface area (Å²) >= 11 is 0. The van der Waals surface area contributed by atoms with Crippen LogP contribution >= 0.6 is 0 Å². The van der Waals surface area contributed by atoms with Crippen molar-refractivity contribution >= 4 is 16.8 Å². The molecule has 1 amide bonds. The summed E-state index contributed by atoms with van der Waals surface area (Å²) < 4.78 is 41.3. The number of benzene rings is 1. The Balaban J connectivity index is 1.38. The van der Waals surface area contributed by atoms with Gasteiger partial charge in [0.15, 0.2) is 6.61 Å². The van der Waals surface area contributed by atoms with Crippen molar-refractivity contribution in [3.8, 4) is 5.88 Å². The van der Waals surface area contributed by atoms with Crippen LogP contribution in [-0.4, -0.2) is 45.6 Å². The molecule has 1 unspecified atom stereocenters. The van der Waals surface area contributed by atoms with E-state index in [1.165, 1.54) is 6.20 Å². The topological polar surface area (TPSA) is 68.2 Å². The van der Waals surface area contributed by atoms with E-state index in [1.54, 1.807) is 18.9 Å². The molecule has 3 atom stereocenters. The summed E-state index contributed by atoms with van der Waals surface area (Å²) in [5.74, 6) is -0.307. The highest BCUT2D eigenvalue weighted by Crippen LogP contribution is 2.48. The third-order valence-corrected chi connectivity index (χ3v) is 5.50. The molecule has 0 radical (unpaired) electrons. The maximum absolute atomic E-state index is 12.9. The molecule has 1 aromatic carbocycles. The summed E-state index contributed by atoms with van der Waals surface area (Å²) in [4.78, 5) is 27.2. The number of hydrogen-bond acceptors (Lipinski definition) is 5. The fraction of sp³-hybridized carbons (Fsp3) is 0.364. The Hall–Kier alpha value is -3.23. The molecule has 2 aromatic heterocycles. The zero-order chi connectivity index (χ0) is 22.2. The van der Waals surface area contributed by atoms with E-state index in [2.05, 4.69) is 19.7 Å². The van der Waals surface area contributed by atoms with E-state index in [1.807, 2.05) is 36.4 Å². The number of pyridine rings is 1. The van der Waals surface area contributed by atoms with Crippen LogP contribution in [-0.2, 0) is 4.79 Å². The Morgan fingerprint density at radius 1 is 1.19 bits per heavy atom. The highest BCUT2D eigenvalue weighted by molar-refractivity contribution is 5.84. The van der Waals surface area contributed by atoms with Crippen LogP contribution in [0.4, 0.5) is 13.2 Å². The quantitative estimate of drug-likeness (QED) is 0.584. The lowest BCUT2D eigenvalue weighted by atomic mass is 10.1. The molecule has 1 saturated carbocycles. The molecule has 4 rings (SSSR count). The first-order valence-electron chi connectivity index (χ1n) is 9.87. The summed E-state index contributed by atoms with van der Waals surface area (Å²) in [6.07, 6.45) is -1.25. The minimum atomic E-state index is -4.44. The van der Waals surface area contributed by atoms with E-state index < -0.39 is 12.8 Å². The first-order chi connectivity index (χ1) is 14.7. The average molecular weight is 430 g/mol. The first-order valence-corrected chi connectivity index (χ1v) is 9.87. The van der Waals surface area contributed by atoms with Gasteiger partial charge in [-0.1, -0.05) is 24.3 Å². The number of para-hydroxylation sites is 1. The molecule has 6 nitrogen and oxygen atoms in total. The van der Waals surface area contributed by atoms with Gasteiger partial charge < -0.3 is 9.64 Å². The molecule has 0 N–H and O–H groups in total. The number of halogens is 3. The number of amides is 1. The normalized spacial score (nSPS) is 19.1. The molecule has 2 heterocycles. The number of alkyl halides is 3. The lowest BCUT2D eigenvalue weighted by molar-refractivity contribution is -0.154. The third-order valence-electron chi connectivity index (χ3n) is 5.50. The molecule has 0 spiro atoms. The second kappa shape index (κ2) is 8.13. The Morgan fingerprint density at radius 3 is 2.68 bits per heavy atom. The van der Waals surface area contributed by atoms with Gasteiger partial charge in [0, 0.05) is 30.0 Å². The molecule has 9 heteroatoms. The van der Waals surface area contributed by atoms with Gasteiger partial charge in [-0.3, -0.25) is 14.8 Å². The third kappa shape index (κ3) is 4.76. The fourth-order valence-corrected chi connectivity index (χ4v) is 3.51. The van der Waals surface area contributed by atoms with E-state index in [4.69, 9.17) is 0 Å². The van der Waals surface area contributed by atoms with Crippen LogP contribution in [0.1, 0.15) is 36.7 Å². The maximum Gasteiger partial charge on any atom is 0.422 e. The largest absolute Gasteiger partial charge is 0.467 e. The Labute approximate surface area is 177 Å². The molecular formula is C22H21F3N4O2. The SMILES string of the molecule is C[C@H](c1cnc(OCC(F)(F)F)cn1)N(C)C(=O)[C@@H]1CC1c1ccc2ccccc2n1. The summed E-state index contributed by atoms with van der Waals surface area (Å²) in [7, 11) is 1.69. The molecule has 31 heavy (non-hydrogen) atoms. The lowest BCUT2D eigenvalue weighted by Crippen LogP contribution is -2.31. The van der Waals surface area contributed by atoms with Crippen molar-refractivity contribution in [2.45, 2.75) is 31.5 Å². The highest BCUT2D eigenvalue weighted by atomic mass is 19.4. The summed E-state index contributed by atoms with van der Waals surface area (Å²) in [6.45, 7) is 0.366. The Kier molecular flexibility index (Phi) is 5.51. The van der Waals surface area contributed by atoms with Crippen molar-refractivity contribution in [3.05, 3.63) is 60.2 Å².